The van der Waals surface area contributed by atoms with Gasteiger partial charge in [-0.25, -0.2) is 0 Å². The first-order valence-electron chi connectivity index (χ1n) is 10.7. The number of hydrogen-bond donors (Lipinski definition) is 2. The highest BCUT2D eigenvalue weighted by atomic mass is 19.4. The van der Waals surface area contributed by atoms with Crippen LogP contribution in [0, 0.1) is 6.92 Å². The van der Waals surface area contributed by atoms with Crippen LogP contribution in [0.2, 0.25) is 0 Å². The fourth-order valence-electron chi connectivity index (χ4n) is 3.53. The van der Waals surface area contributed by atoms with E-state index in [-0.39, 0.29) is 17.2 Å². The fourth-order valence-corrected chi connectivity index (χ4v) is 3.53. The molecule has 3 heterocycles. The summed E-state index contributed by atoms with van der Waals surface area (Å²) in [5.74, 6) is -1.03. The molecule has 2 amide bonds. The maximum Gasteiger partial charge on any atom is 0.417 e. The Morgan fingerprint density at radius 1 is 0.861 bits per heavy atom. The van der Waals surface area contributed by atoms with Gasteiger partial charge in [-0.1, -0.05) is 6.07 Å². The van der Waals surface area contributed by atoms with Crippen molar-refractivity contribution < 1.29 is 22.8 Å². The Balaban J connectivity index is 1.63. The van der Waals surface area contributed by atoms with Gasteiger partial charge >= 0.3 is 6.18 Å². The summed E-state index contributed by atoms with van der Waals surface area (Å²) in [6.07, 6.45) is 0.302. The molecule has 2 N–H and O–H groups in total. The average molecular weight is 491 g/mol. The van der Waals surface area contributed by atoms with Crippen molar-refractivity contribution in [1.82, 2.24) is 20.3 Å². The molecule has 3 aromatic heterocycles. The first-order chi connectivity index (χ1) is 17.2. The Labute approximate surface area is 204 Å². The number of benzene rings is 1. The van der Waals surface area contributed by atoms with E-state index in [0.717, 1.165) is 29.0 Å². The topological polar surface area (TPSA) is 96.9 Å². The number of carbonyl (C=O) groups excluding carboxylic acids is 2. The zero-order valence-corrected chi connectivity index (χ0v) is 19.2. The summed E-state index contributed by atoms with van der Waals surface area (Å²) in [7, 11) is 1.52. The molecule has 4 aromatic rings. The molecule has 0 aliphatic carbocycles. The SMILES string of the molecule is CNC(=O)c1cc(-c2cc(-c3cc(NC(=O)c4cncc(C(F)(F)F)c4)ccc3C)ccn2)ccn1. The molecule has 0 atom stereocenters. The lowest BCUT2D eigenvalue weighted by Gasteiger charge is -2.12. The van der Waals surface area contributed by atoms with Gasteiger partial charge in [0.25, 0.3) is 11.8 Å². The minimum atomic E-state index is -4.60. The van der Waals surface area contributed by atoms with Gasteiger partial charge in [0.2, 0.25) is 0 Å². The number of alkyl halides is 3. The van der Waals surface area contributed by atoms with E-state index < -0.39 is 17.6 Å². The van der Waals surface area contributed by atoms with E-state index in [1.165, 1.54) is 13.2 Å². The molecular weight excluding hydrogens is 471 g/mol. The van der Waals surface area contributed by atoms with E-state index in [2.05, 4.69) is 25.6 Å². The number of rotatable bonds is 5. The molecule has 0 bridgehead atoms. The number of halogens is 3. The van der Waals surface area contributed by atoms with Gasteiger partial charge in [0.1, 0.15) is 5.69 Å². The van der Waals surface area contributed by atoms with E-state index >= 15 is 0 Å². The lowest BCUT2D eigenvalue weighted by atomic mass is 9.98. The first-order valence-corrected chi connectivity index (χ1v) is 10.7. The van der Waals surface area contributed by atoms with Crippen LogP contribution in [0.3, 0.4) is 0 Å². The first kappa shape index (κ1) is 24.5. The van der Waals surface area contributed by atoms with Gasteiger partial charge in [-0.05, 0) is 66.1 Å². The molecule has 10 heteroatoms. The number of pyridine rings is 3. The molecule has 0 radical (unpaired) electrons. The average Bonchev–Trinajstić information content (AvgIpc) is 2.89. The summed E-state index contributed by atoms with van der Waals surface area (Å²) in [4.78, 5) is 36.6. The lowest BCUT2D eigenvalue weighted by Crippen LogP contribution is -2.19. The molecule has 1 aromatic carbocycles. The van der Waals surface area contributed by atoms with E-state index in [1.54, 1.807) is 42.6 Å². The molecular formula is C26H20F3N5O2. The van der Waals surface area contributed by atoms with Gasteiger partial charge in [0, 0.05) is 43.1 Å². The number of hydrogen-bond acceptors (Lipinski definition) is 5. The highest BCUT2D eigenvalue weighted by Crippen LogP contribution is 2.31. The van der Waals surface area contributed by atoms with Gasteiger partial charge < -0.3 is 10.6 Å². The zero-order valence-electron chi connectivity index (χ0n) is 19.2. The molecule has 0 spiro atoms. The fraction of sp³-hybridized carbons (Fsp3) is 0.115. The molecule has 0 saturated carbocycles. The number of amides is 2. The van der Waals surface area contributed by atoms with Gasteiger partial charge in [-0.2, -0.15) is 13.2 Å². The Kier molecular flexibility index (Phi) is 6.77. The molecule has 0 aliphatic rings. The van der Waals surface area contributed by atoms with E-state index in [0.29, 0.717) is 23.1 Å². The van der Waals surface area contributed by atoms with Crippen molar-refractivity contribution in [2.24, 2.45) is 0 Å². The molecule has 182 valence electrons. The van der Waals surface area contributed by atoms with Crippen molar-refractivity contribution in [2.75, 3.05) is 12.4 Å². The van der Waals surface area contributed by atoms with E-state index in [4.69, 9.17) is 0 Å². The third-order valence-electron chi connectivity index (χ3n) is 5.41. The quantitative estimate of drug-likeness (QED) is 0.403. The van der Waals surface area contributed by atoms with Crippen LogP contribution in [-0.4, -0.2) is 33.8 Å². The van der Waals surface area contributed by atoms with Crippen molar-refractivity contribution >= 4 is 17.5 Å². The Morgan fingerprint density at radius 2 is 1.61 bits per heavy atom. The number of nitrogens with zero attached hydrogens (tertiary/aromatic N) is 3. The summed E-state index contributed by atoms with van der Waals surface area (Å²) < 4.78 is 38.9. The highest BCUT2D eigenvalue weighted by Gasteiger charge is 2.31. The number of aromatic nitrogens is 3. The van der Waals surface area contributed by atoms with Crippen LogP contribution < -0.4 is 10.6 Å². The van der Waals surface area contributed by atoms with Crippen LogP contribution in [-0.2, 0) is 6.18 Å². The Morgan fingerprint density at radius 3 is 2.36 bits per heavy atom. The van der Waals surface area contributed by atoms with Gasteiger partial charge in [0.15, 0.2) is 0 Å². The molecule has 36 heavy (non-hydrogen) atoms. The minimum absolute atomic E-state index is 0.206. The Hall–Kier alpha value is -4.60. The molecule has 7 nitrogen and oxygen atoms in total. The minimum Gasteiger partial charge on any atom is -0.354 e. The molecule has 0 saturated heterocycles. The second-order valence-electron chi connectivity index (χ2n) is 7.88. The van der Waals surface area contributed by atoms with Gasteiger partial charge in [-0.15, -0.1) is 0 Å². The molecule has 0 fully saturated rings. The predicted octanol–water partition coefficient (Wildman–Crippen LogP) is 5.14. The van der Waals surface area contributed by atoms with Crippen LogP contribution in [0.25, 0.3) is 22.4 Å². The van der Waals surface area contributed by atoms with Gasteiger partial charge in [-0.3, -0.25) is 24.5 Å². The van der Waals surface area contributed by atoms with E-state index in [9.17, 15) is 22.8 Å². The number of nitrogens with one attached hydrogen (secondary N) is 2. The van der Waals surface area contributed by atoms with Gasteiger partial charge in [0.05, 0.1) is 16.8 Å². The van der Waals surface area contributed by atoms with Crippen molar-refractivity contribution in [3.05, 3.63) is 95.7 Å². The Bertz CT molecular complexity index is 1450. The smallest absolute Gasteiger partial charge is 0.354 e. The van der Waals surface area contributed by atoms with Crippen LogP contribution in [0.1, 0.15) is 32.0 Å². The summed E-state index contributed by atoms with van der Waals surface area (Å²) in [6.45, 7) is 1.90. The molecule has 4 rings (SSSR count). The normalized spacial score (nSPS) is 11.1. The van der Waals surface area contributed by atoms with Crippen molar-refractivity contribution in [3.63, 3.8) is 0 Å². The zero-order chi connectivity index (χ0) is 25.9. The monoisotopic (exact) mass is 491 g/mol. The van der Waals surface area contributed by atoms with Crippen molar-refractivity contribution in [3.8, 4) is 22.4 Å². The maximum absolute atomic E-state index is 13.0. The third-order valence-corrected chi connectivity index (χ3v) is 5.41. The van der Waals surface area contributed by atoms with Crippen LogP contribution in [0.4, 0.5) is 18.9 Å². The summed E-state index contributed by atoms with van der Waals surface area (Å²) in [5.41, 5.74) is 3.27. The van der Waals surface area contributed by atoms with Crippen molar-refractivity contribution in [1.29, 1.82) is 0 Å². The lowest BCUT2D eigenvalue weighted by molar-refractivity contribution is -0.137. The summed E-state index contributed by atoms with van der Waals surface area (Å²) >= 11 is 0. The largest absolute Gasteiger partial charge is 0.417 e. The second-order valence-corrected chi connectivity index (χ2v) is 7.88. The van der Waals surface area contributed by atoms with Crippen molar-refractivity contribution in [2.45, 2.75) is 13.1 Å². The summed E-state index contributed by atoms with van der Waals surface area (Å²) in [5, 5.41) is 5.16. The maximum atomic E-state index is 13.0. The predicted molar refractivity (Wildman–Crippen MR) is 128 cm³/mol. The standard InChI is InChI=1S/C26H20F3N5O2/c1-15-3-4-20(34-24(35)18-9-19(14-31-13-18)26(27,28)29)12-21(15)16-5-7-32-22(10-16)17-6-8-33-23(11-17)25(36)30-2/h3-14H,1-2H3,(H,30,36)(H,34,35). The number of anilines is 1. The number of carbonyl (C=O) groups is 2. The van der Waals surface area contributed by atoms with Crippen LogP contribution in [0.5, 0.6) is 0 Å². The van der Waals surface area contributed by atoms with E-state index in [1.807, 2.05) is 13.0 Å². The molecule has 0 aliphatic heterocycles. The van der Waals surface area contributed by atoms with Crippen LogP contribution >= 0.6 is 0 Å². The molecule has 0 unspecified atom stereocenters. The summed E-state index contributed by atoms with van der Waals surface area (Å²) in [6, 6.07) is 13.0. The highest BCUT2D eigenvalue weighted by molar-refractivity contribution is 6.04. The number of aryl methyl sites for hydroxylation is 1. The van der Waals surface area contributed by atoms with Crippen LogP contribution in [0.15, 0.2) is 73.3 Å². The third kappa shape index (κ3) is 5.38. The second kappa shape index (κ2) is 9.95.